The number of aryl methyl sites for hydroxylation is 1. The third-order valence-electron chi connectivity index (χ3n) is 4.00. The molecule has 1 heterocycles. The quantitative estimate of drug-likeness (QED) is 0.571. The van der Waals surface area contributed by atoms with Gasteiger partial charge in [-0.15, -0.1) is 0 Å². The van der Waals surface area contributed by atoms with Gasteiger partial charge in [-0.2, -0.15) is 0 Å². The molecule has 7 heteroatoms. The Kier molecular flexibility index (Phi) is 6.62. The van der Waals surface area contributed by atoms with Gasteiger partial charge < -0.3 is 19.2 Å². The van der Waals surface area contributed by atoms with E-state index in [1.807, 2.05) is 24.3 Å². The smallest absolute Gasteiger partial charge is 0.220 e. The molecule has 0 bridgehead atoms. The second kappa shape index (κ2) is 9.55. The van der Waals surface area contributed by atoms with E-state index in [2.05, 4.69) is 10.3 Å². The lowest BCUT2D eigenvalue weighted by Crippen LogP contribution is -2.28. The Balaban J connectivity index is 1.36. The topological polar surface area (TPSA) is 73.6 Å². The average Bonchev–Trinajstić information content (AvgIpc) is 3.20. The Hall–Kier alpha value is -3.35. The lowest BCUT2D eigenvalue weighted by molar-refractivity contribution is -0.121. The second-order valence-corrected chi connectivity index (χ2v) is 6.00. The zero-order chi connectivity index (χ0) is 19.8. The van der Waals surface area contributed by atoms with Crippen molar-refractivity contribution in [3.05, 3.63) is 66.4 Å². The minimum atomic E-state index is -0.309. The van der Waals surface area contributed by atoms with Crippen molar-refractivity contribution >= 4 is 5.91 Å². The summed E-state index contributed by atoms with van der Waals surface area (Å²) in [5.41, 5.74) is 0.736. The van der Waals surface area contributed by atoms with Crippen molar-refractivity contribution in [1.29, 1.82) is 0 Å². The van der Waals surface area contributed by atoms with E-state index in [0.29, 0.717) is 37.0 Å². The number of oxazole rings is 1. The molecule has 0 radical (unpaired) electrons. The molecule has 28 heavy (non-hydrogen) atoms. The van der Waals surface area contributed by atoms with Crippen LogP contribution in [0.3, 0.4) is 0 Å². The molecular weight excluding hydrogens is 363 g/mol. The molecule has 0 spiro atoms. The van der Waals surface area contributed by atoms with Gasteiger partial charge in [0.15, 0.2) is 11.7 Å². The Bertz CT molecular complexity index is 892. The van der Waals surface area contributed by atoms with E-state index in [4.69, 9.17) is 13.9 Å². The van der Waals surface area contributed by atoms with E-state index >= 15 is 0 Å². The van der Waals surface area contributed by atoms with Crippen LogP contribution < -0.4 is 14.8 Å². The molecular formula is C21H21FN2O4. The second-order valence-electron chi connectivity index (χ2n) is 6.00. The highest BCUT2D eigenvalue weighted by Crippen LogP contribution is 2.21. The first-order valence-electron chi connectivity index (χ1n) is 8.88. The highest BCUT2D eigenvalue weighted by molar-refractivity contribution is 5.76. The summed E-state index contributed by atoms with van der Waals surface area (Å²) in [7, 11) is 1.60. The molecule has 6 nitrogen and oxygen atoms in total. The summed E-state index contributed by atoms with van der Waals surface area (Å²) < 4.78 is 29.2. The Labute approximate surface area is 162 Å². The minimum Gasteiger partial charge on any atom is -0.497 e. The molecule has 0 aliphatic carbocycles. The fourth-order valence-corrected chi connectivity index (χ4v) is 2.51. The van der Waals surface area contributed by atoms with Gasteiger partial charge in [-0.1, -0.05) is 0 Å². The number of carbonyl (C=O) groups excluding carboxylic acids is 1. The molecule has 1 N–H and O–H groups in total. The van der Waals surface area contributed by atoms with Crippen LogP contribution in [0.25, 0.3) is 11.3 Å². The summed E-state index contributed by atoms with van der Waals surface area (Å²) in [6.45, 7) is 0.767. The molecule has 0 saturated heterocycles. The molecule has 0 fully saturated rings. The average molecular weight is 384 g/mol. The molecule has 2 aromatic carbocycles. The zero-order valence-electron chi connectivity index (χ0n) is 15.5. The Morgan fingerprint density at radius 1 is 1.11 bits per heavy atom. The number of methoxy groups -OCH3 is 1. The lowest BCUT2D eigenvalue weighted by atomic mass is 10.2. The normalized spacial score (nSPS) is 10.5. The molecule has 0 aliphatic heterocycles. The standard InChI is InChI=1S/C21H21FN2O4/c1-26-17-6-8-18(9-7-17)27-13-12-23-20(25)10-11-21-24-14-19(28-21)15-2-4-16(22)5-3-15/h2-9,14H,10-13H2,1H3,(H,23,25). The van der Waals surface area contributed by atoms with Crippen LogP contribution >= 0.6 is 0 Å². The van der Waals surface area contributed by atoms with E-state index in [9.17, 15) is 9.18 Å². The number of nitrogens with zero attached hydrogens (tertiary/aromatic N) is 1. The number of ether oxygens (including phenoxy) is 2. The van der Waals surface area contributed by atoms with Gasteiger partial charge in [0.2, 0.25) is 5.91 Å². The fourth-order valence-electron chi connectivity index (χ4n) is 2.51. The van der Waals surface area contributed by atoms with Gasteiger partial charge in [0.1, 0.15) is 23.9 Å². The minimum absolute atomic E-state index is 0.111. The predicted octanol–water partition coefficient (Wildman–Crippen LogP) is 3.62. The third kappa shape index (κ3) is 5.57. The van der Waals surface area contributed by atoms with Crippen LogP contribution in [0.5, 0.6) is 11.5 Å². The van der Waals surface area contributed by atoms with Crippen LogP contribution in [0.1, 0.15) is 12.3 Å². The van der Waals surface area contributed by atoms with E-state index in [-0.39, 0.29) is 18.1 Å². The van der Waals surface area contributed by atoms with Crippen molar-refractivity contribution in [2.45, 2.75) is 12.8 Å². The highest BCUT2D eigenvalue weighted by Gasteiger charge is 2.09. The van der Waals surface area contributed by atoms with Crippen LogP contribution in [0.4, 0.5) is 4.39 Å². The molecule has 0 unspecified atom stereocenters. The largest absolute Gasteiger partial charge is 0.497 e. The van der Waals surface area contributed by atoms with Crippen molar-refractivity contribution in [1.82, 2.24) is 10.3 Å². The first-order valence-corrected chi connectivity index (χ1v) is 8.88. The summed E-state index contributed by atoms with van der Waals surface area (Å²) in [5, 5.41) is 2.79. The maximum absolute atomic E-state index is 13.0. The number of halogens is 1. The summed E-state index contributed by atoms with van der Waals surface area (Å²) >= 11 is 0. The highest BCUT2D eigenvalue weighted by atomic mass is 19.1. The molecule has 0 atom stereocenters. The SMILES string of the molecule is COc1ccc(OCCNC(=O)CCc2ncc(-c3ccc(F)cc3)o2)cc1. The first-order chi connectivity index (χ1) is 13.6. The zero-order valence-corrected chi connectivity index (χ0v) is 15.5. The third-order valence-corrected chi connectivity index (χ3v) is 4.00. The number of aromatic nitrogens is 1. The molecule has 146 valence electrons. The number of benzene rings is 2. The fraction of sp³-hybridized carbons (Fsp3) is 0.238. The van der Waals surface area contributed by atoms with Crippen LogP contribution in [-0.4, -0.2) is 31.2 Å². The van der Waals surface area contributed by atoms with Crippen LogP contribution in [0.15, 0.2) is 59.1 Å². The number of carbonyl (C=O) groups is 1. The van der Waals surface area contributed by atoms with Crippen LogP contribution in [-0.2, 0) is 11.2 Å². The van der Waals surface area contributed by atoms with E-state index < -0.39 is 0 Å². The Morgan fingerprint density at radius 2 is 1.82 bits per heavy atom. The van der Waals surface area contributed by atoms with Crippen molar-refractivity contribution in [3.8, 4) is 22.8 Å². The summed E-state index contributed by atoms with van der Waals surface area (Å²) in [6, 6.07) is 13.2. The number of hydrogen-bond acceptors (Lipinski definition) is 5. The maximum atomic E-state index is 13.0. The van der Waals surface area contributed by atoms with Gasteiger partial charge in [-0.25, -0.2) is 9.37 Å². The summed E-state index contributed by atoms with van der Waals surface area (Å²) in [5.74, 6) is 2.06. The van der Waals surface area contributed by atoms with Crippen LogP contribution in [0, 0.1) is 5.82 Å². The van der Waals surface area contributed by atoms with E-state index in [1.165, 1.54) is 12.1 Å². The molecule has 0 aliphatic rings. The molecule has 1 amide bonds. The number of nitrogens with one attached hydrogen (secondary N) is 1. The monoisotopic (exact) mass is 384 g/mol. The van der Waals surface area contributed by atoms with Gasteiger partial charge in [0.05, 0.1) is 19.9 Å². The van der Waals surface area contributed by atoms with E-state index in [1.54, 1.807) is 25.4 Å². The lowest BCUT2D eigenvalue weighted by Gasteiger charge is -2.08. The Morgan fingerprint density at radius 3 is 2.54 bits per heavy atom. The van der Waals surface area contributed by atoms with Gasteiger partial charge in [0, 0.05) is 18.4 Å². The maximum Gasteiger partial charge on any atom is 0.220 e. The van der Waals surface area contributed by atoms with Crippen molar-refractivity contribution in [3.63, 3.8) is 0 Å². The number of hydrogen-bond donors (Lipinski definition) is 1. The van der Waals surface area contributed by atoms with Crippen LogP contribution in [0.2, 0.25) is 0 Å². The molecule has 3 aromatic rings. The number of rotatable bonds is 9. The van der Waals surface area contributed by atoms with Gasteiger partial charge in [-0.3, -0.25) is 4.79 Å². The van der Waals surface area contributed by atoms with E-state index in [0.717, 1.165) is 11.3 Å². The van der Waals surface area contributed by atoms with Crippen molar-refractivity contribution in [2.75, 3.05) is 20.3 Å². The van der Waals surface area contributed by atoms with Crippen molar-refractivity contribution in [2.24, 2.45) is 0 Å². The molecule has 0 saturated carbocycles. The van der Waals surface area contributed by atoms with Gasteiger partial charge in [0.25, 0.3) is 0 Å². The number of amides is 1. The van der Waals surface area contributed by atoms with Gasteiger partial charge in [-0.05, 0) is 48.5 Å². The predicted molar refractivity (Wildman–Crippen MR) is 102 cm³/mol. The van der Waals surface area contributed by atoms with Crippen molar-refractivity contribution < 1.29 is 23.1 Å². The summed E-state index contributed by atoms with van der Waals surface area (Å²) in [6.07, 6.45) is 2.21. The first kappa shape index (κ1) is 19.4. The summed E-state index contributed by atoms with van der Waals surface area (Å²) in [4.78, 5) is 16.1. The molecule has 1 aromatic heterocycles. The van der Waals surface area contributed by atoms with Gasteiger partial charge >= 0.3 is 0 Å². The molecule has 3 rings (SSSR count).